The van der Waals surface area contributed by atoms with Crippen molar-refractivity contribution in [3.05, 3.63) is 12.7 Å². The summed E-state index contributed by atoms with van der Waals surface area (Å²) in [4.78, 5) is 23.0. The van der Waals surface area contributed by atoms with Gasteiger partial charge in [-0.25, -0.2) is 25.8 Å². The van der Waals surface area contributed by atoms with Gasteiger partial charge < -0.3 is 31.5 Å². The van der Waals surface area contributed by atoms with Crippen LogP contribution in [0.25, 0.3) is 11.2 Å². The molecule has 0 saturated carbocycles. The molecule has 1 fully saturated rings. The van der Waals surface area contributed by atoms with Gasteiger partial charge in [-0.2, -0.15) is 0 Å². The van der Waals surface area contributed by atoms with Crippen LogP contribution in [0, 0.1) is 0 Å². The van der Waals surface area contributed by atoms with Gasteiger partial charge in [0, 0.05) is 5.75 Å². The number of carbonyl (C=O) groups is 1. The summed E-state index contributed by atoms with van der Waals surface area (Å²) in [6.45, 7) is 0. The number of imidazole rings is 1. The van der Waals surface area contributed by atoms with Crippen LogP contribution in [-0.4, -0.2) is 82.9 Å². The third-order valence-corrected chi connectivity index (χ3v) is 6.37. The number of hydrogen-bond acceptors (Lipinski definition) is 9. The van der Waals surface area contributed by atoms with Gasteiger partial charge in [-0.3, -0.25) is 9.36 Å². The molecule has 12 heteroatoms. The summed E-state index contributed by atoms with van der Waals surface area (Å²) < 4.78 is 7.41. The summed E-state index contributed by atoms with van der Waals surface area (Å²) in [6, 6.07) is -0.907. The number of nitrogens with two attached hydrogens (primary N) is 2. The lowest BCUT2D eigenvalue weighted by molar-refractivity contribution is -0.138. The number of nitrogen functional groups attached to an aromatic ring is 1. The molecule has 2 aromatic heterocycles. The van der Waals surface area contributed by atoms with Crippen molar-refractivity contribution >= 4 is 33.8 Å². The van der Waals surface area contributed by atoms with Crippen molar-refractivity contribution < 1.29 is 24.9 Å². The summed E-state index contributed by atoms with van der Waals surface area (Å²) in [5.41, 5.74) is 12.1. The van der Waals surface area contributed by atoms with Crippen molar-refractivity contribution in [2.24, 2.45) is 5.73 Å². The van der Waals surface area contributed by atoms with Gasteiger partial charge in [0.1, 0.15) is 30.1 Å². The number of hydrogen-bond donors (Lipinski definition) is 5. The Bertz CT molecular complexity index is 819. The van der Waals surface area contributed by atoms with Gasteiger partial charge in [0.15, 0.2) is 17.7 Å². The highest BCUT2D eigenvalue weighted by Crippen LogP contribution is 2.36. The third-order valence-electron chi connectivity index (χ3n) is 4.54. The molecule has 1 radical (unpaired) electrons. The second-order valence-electron chi connectivity index (χ2n) is 6.51. The maximum atomic E-state index is 10.8. The minimum Gasteiger partial charge on any atom is -0.480 e. The van der Waals surface area contributed by atoms with Crippen molar-refractivity contribution in [3.8, 4) is 0 Å². The third kappa shape index (κ3) is 3.99. The Labute approximate surface area is 157 Å². The maximum Gasteiger partial charge on any atom is 0.320 e. The van der Waals surface area contributed by atoms with Gasteiger partial charge in [-0.15, -0.1) is 0 Å². The van der Waals surface area contributed by atoms with Crippen LogP contribution in [-0.2, 0) is 9.53 Å². The van der Waals surface area contributed by atoms with Crippen molar-refractivity contribution in [2.75, 3.05) is 23.5 Å². The molecule has 149 valence electrons. The molecule has 7 N–H and O–H groups in total. The fourth-order valence-corrected chi connectivity index (χ4v) is 4.63. The predicted octanol–water partition coefficient (Wildman–Crippen LogP) is -1.27. The van der Waals surface area contributed by atoms with Crippen LogP contribution < -0.4 is 11.5 Å². The van der Waals surface area contributed by atoms with E-state index in [1.54, 1.807) is 0 Å². The second kappa shape index (κ2) is 7.94. The number of aliphatic carboxylic acids is 1. The molecule has 3 heterocycles. The standard InChI is InChI=1S/C15H23N6O5S/c1-27(3-2-7(16)15(24)25)4-8-10(22)11(23)14(26-8)21-6-20-9-12(17)18-5-19-13(9)21/h5-8,10-11,14,22-23H,2-4,16H2,1H3,(H,24,25)(H2,17,18,19). The van der Waals surface area contributed by atoms with Crippen LogP contribution in [0.5, 0.6) is 0 Å². The molecule has 11 nitrogen and oxygen atoms in total. The largest absolute Gasteiger partial charge is 0.480 e. The van der Waals surface area contributed by atoms with Gasteiger partial charge in [0.2, 0.25) is 0 Å². The van der Waals surface area contributed by atoms with E-state index in [1.165, 1.54) is 17.2 Å². The molecule has 0 aromatic carbocycles. The van der Waals surface area contributed by atoms with Crippen LogP contribution >= 0.6 is 10.9 Å². The molecule has 5 unspecified atom stereocenters. The van der Waals surface area contributed by atoms with E-state index in [2.05, 4.69) is 15.0 Å². The van der Waals surface area contributed by atoms with E-state index >= 15 is 0 Å². The minimum atomic E-state index is -1.16. The number of carboxylic acid groups (broad SMARTS) is 1. The first-order valence-corrected chi connectivity index (χ1v) is 10.3. The van der Waals surface area contributed by atoms with Crippen LogP contribution in [0.4, 0.5) is 5.82 Å². The van der Waals surface area contributed by atoms with Crippen molar-refractivity contribution in [1.29, 1.82) is 0 Å². The van der Waals surface area contributed by atoms with E-state index in [0.717, 1.165) is 0 Å². The minimum absolute atomic E-state index is 0.216. The molecule has 27 heavy (non-hydrogen) atoms. The molecule has 0 bridgehead atoms. The molecule has 3 rings (SSSR count). The number of rotatable bonds is 7. The van der Waals surface area contributed by atoms with E-state index in [-0.39, 0.29) is 16.7 Å². The lowest BCUT2D eigenvalue weighted by Gasteiger charge is -2.21. The summed E-state index contributed by atoms with van der Waals surface area (Å²) >= 11 is 0. The van der Waals surface area contributed by atoms with E-state index < -0.39 is 36.6 Å². The number of aromatic nitrogens is 4. The lowest BCUT2D eigenvalue weighted by Crippen LogP contribution is -2.34. The number of anilines is 1. The van der Waals surface area contributed by atoms with Crippen LogP contribution in [0.2, 0.25) is 0 Å². The van der Waals surface area contributed by atoms with Crippen molar-refractivity contribution in [2.45, 2.75) is 37.0 Å². The van der Waals surface area contributed by atoms with Crippen LogP contribution in [0.1, 0.15) is 12.6 Å². The summed E-state index contributed by atoms with van der Waals surface area (Å²) in [5, 5.41) is 29.7. The Hall–Kier alpha value is -1.99. The SMILES string of the molecule is C[S](CCC(N)C(=O)O)CC1OC(n2cnc3c(N)ncnc32)C(O)C1O. The van der Waals surface area contributed by atoms with Gasteiger partial charge in [0.05, 0.1) is 12.4 Å². The smallest absolute Gasteiger partial charge is 0.320 e. The normalized spacial score (nSPS) is 26.7. The molecule has 2 aromatic rings. The molecule has 0 spiro atoms. The monoisotopic (exact) mass is 399 g/mol. The first kappa shape index (κ1) is 19.8. The molecule has 0 aliphatic carbocycles. The van der Waals surface area contributed by atoms with Crippen molar-refractivity contribution in [3.63, 3.8) is 0 Å². The highest BCUT2D eigenvalue weighted by Gasteiger charge is 2.44. The van der Waals surface area contributed by atoms with E-state index in [4.69, 9.17) is 21.3 Å². The Kier molecular flexibility index (Phi) is 5.81. The van der Waals surface area contributed by atoms with Gasteiger partial charge >= 0.3 is 5.97 Å². The number of aliphatic hydroxyl groups excluding tert-OH is 2. The van der Waals surface area contributed by atoms with Gasteiger partial charge in [0.25, 0.3) is 0 Å². The first-order chi connectivity index (χ1) is 12.8. The number of ether oxygens (including phenoxy) is 1. The van der Waals surface area contributed by atoms with E-state index in [9.17, 15) is 15.0 Å². The predicted molar refractivity (Wildman–Crippen MR) is 99.1 cm³/mol. The van der Waals surface area contributed by atoms with Crippen LogP contribution in [0.15, 0.2) is 12.7 Å². The zero-order chi connectivity index (χ0) is 19.7. The molecule has 1 aliphatic rings. The highest BCUT2D eigenvalue weighted by molar-refractivity contribution is 8.16. The summed E-state index contributed by atoms with van der Waals surface area (Å²) in [7, 11) is -0.235. The number of fused-ring (bicyclic) bond motifs is 1. The topological polar surface area (TPSA) is 183 Å². The van der Waals surface area contributed by atoms with Crippen molar-refractivity contribution in [1.82, 2.24) is 19.5 Å². The van der Waals surface area contributed by atoms with Crippen LogP contribution in [0.3, 0.4) is 0 Å². The average Bonchev–Trinajstić information content (AvgIpc) is 3.17. The Morgan fingerprint density at radius 1 is 1.37 bits per heavy atom. The number of carboxylic acids is 1. The second-order valence-corrected chi connectivity index (χ2v) is 8.82. The first-order valence-electron chi connectivity index (χ1n) is 8.31. The number of nitrogens with zero attached hydrogens (tertiary/aromatic N) is 4. The average molecular weight is 399 g/mol. The molecular weight excluding hydrogens is 376 g/mol. The maximum absolute atomic E-state index is 10.8. The molecule has 1 saturated heterocycles. The Morgan fingerprint density at radius 2 is 2.11 bits per heavy atom. The fourth-order valence-electron chi connectivity index (χ4n) is 2.97. The summed E-state index contributed by atoms with van der Waals surface area (Å²) in [6.07, 6.45) is 1.31. The quantitative estimate of drug-likeness (QED) is 0.376. The molecular formula is C15H23N6O5S. The van der Waals surface area contributed by atoms with E-state index in [0.29, 0.717) is 29.1 Å². The molecule has 5 atom stereocenters. The van der Waals surface area contributed by atoms with Gasteiger partial charge in [-0.05, 0) is 18.4 Å². The zero-order valence-corrected chi connectivity index (χ0v) is 15.5. The summed E-state index contributed by atoms with van der Waals surface area (Å²) in [5.74, 6) is 0.254. The molecule has 0 amide bonds. The Morgan fingerprint density at radius 3 is 2.81 bits per heavy atom. The molecule has 1 aliphatic heterocycles. The highest BCUT2D eigenvalue weighted by atomic mass is 32.2. The van der Waals surface area contributed by atoms with E-state index in [1.807, 2.05) is 6.26 Å². The zero-order valence-electron chi connectivity index (χ0n) is 14.7. The fraction of sp³-hybridized carbons (Fsp3) is 0.600. The Balaban J connectivity index is 1.68. The van der Waals surface area contributed by atoms with Gasteiger partial charge in [-0.1, -0.05) is 0 Å². The lowest BCUT2D eigenvalue weighted by atomic mass is 10.1. The number of aliphatic hydroxyl groups is 2.